The van der Waals surface area contributed by atoms with Gasteiger partial charge in [-0.3, -0.25) is 9.78 Å². The van der Waals surface area contributed by atoms with Gasteiger partial charge in [-0.1, -0.05) is 36.4 Å². The number of hydrogen-bond acceptors (Lipinski definition) is 2. The zero-order valence-electron chi connectivity index (χ0n) is 12.1. The second-order valence-corrected chi connectivity index (χ2v) is 5.22. The van der Waals surface area contributed by atoms with E-state index in [1.807, 2.05) is 30.3 Å². The Kier molecular flexibility index (Phi) is 4.96. The second kappa shape index (κ2) is 6.73. The SMILES string of the molecule is Cc1cccnc1[C@@H](CC(=O)C(F)(F)F)Cc1ccccc1. The number of Topliss-reactive ketones (excluding diaryl/α,β-unsaturated/α-hetero) is 1. The minimum absolute atomic E-state index is 0.348. The third-order valence-electron chi connectivity index (χ3n) is 3.51. The fraction of sp³-hybridized carbons (Fsp3) is 0.294. The van der Waals surface area contributed by atoms with Crippen molar-refractivity contribution in [1.82, 2.24) is 4.98 Å². The zero-order valence-corrected chi connectivity index (χ0v) is 12.1. The number of carbonyl (C=O) groups excluding carboxylic acids is 1. The molecule has 0 aliphatic heterocycles. The molecule has 0 spiro atoms. The first-order valence-corrected chi connectivity index (χ1v) is 6.93. The molecule has 1 atom stereocenters. The van der Waals surface area contributed by atoms with Gasteiger partial charge >= 0.3 is 6.18 Å². The van der Waals surface area contributed by atoms with E-state index < -0.39 is 24.3 Å². The van der Waals surface area contributed by atoms with E-state index in [0.717, 1.165) is 11.1 Å². The summed E-state index contributed by atoms with van der Waals surface area (Å²) in [6, 6.07) is 12.7. The summed E-state index contributed by atoms with van der Waals surface area (Å²) in [5.41, 5.74) is 2.22. The first kappa shape index (κ1) is 16.2. The molecule has 0 radical (unpaired) electrons. The first-order chi connectivity index (χ1) is 10.4. The molecule has 0 unspecified atom stereocenters. The van der Waals surface area contributed by atoms with Crippen LogP contribution in [0.5, 0.6) is 0 Å². The quantitative estimate of drug-likeness (QED) is 0.827. The van der Waals surface area contributed by atoms with Gasteiger partial charge < -0.3 is 0 Å². The van der Waals surface area contributed by atoms with Crippen LogP contribution in [0.3, 0.4) is 0 Å². The number of aryl methyl sites for hydroxylation is 1. The molecule has 0 bridgehead atoms. The Morgan fingerprint density at radius 3 is 2.41 bits per heavy atom. The number of benzene rings is 1. The monoisotopic (exact) mass is 307 g/mol. The van der Waals surface area contributed by atoms with E-state index >= 15 is 0 Å². The molecule has 0 aliphatic rings. The Morgan fingerprint density at radius 2 is 1.82 bits per heavy atom. The molecule has 22 heavy (non-hydrogen) atoms. The van der Waals surface area contributed by atoms with Crippen LogP contribution >= 0.6 is 0 Å². The summed E-state index contributed by atoms with van der Waals surface area (Å²) in [6.07, 6.45) is -3.51. The Hall–Kier alpha value is -2.17. The van der Waals surface area contributed by atoms with Crippen molar-refractivity contribution in [3.63, 3.8) is 0 Å². The Morgan fingerprint density at radius 1 is 1.14 bits per heavy atom. The van der Waals surface area contributed by atoms with Crippen LogP contribution in [0.15, 0.2) is 48.7 Å². The molecule has 0 fully saturated rings. The third kappa shape index (κ3) is 4.16. The maximum absolute atomic E-state index is 12.6. The Balaban J connectivity index is 2.29. The van der Waals surface area contributed by atoms with Crippen molar-refractivity contribution in [3.05, 3.63) is 65.5 Å². The average Bonchev–Trinajstić information content (AvgIpc) is 2.47. The molecule has 0 saturated carbocycles. The zero-order chi connectivity index (χ0) is 16.2. The number of halogens is 3. The van der Waals surface area contributed by atoms with E-state index in [1.54, 1.807) is 25.3 Å². The number of pyridine rings is 1. The molecule has 0 saturated heterocycles. The summed E-state index contributed by atoms with van der Waals surface area (Å²) in [7, 11) is 0. The number of hydrogen-bond donors (Lipinski definition) is 0. The third-order valence-corrected chi connectivity index (χ3v) is 3.51. The van der Waals surface area contributed by atoms with E-state index in [9.17, 15) is 18.0 Å². The summed E-state index contributed by atoms with van der Waals surface area (Å²) >= 11 is 0. The Labute approximate surface area is 127 Å². The maximum Gasteiger partial charge on any atom is 0.449 e. The van der Waals surface area contributed by atoms with Crippen molar-refractivity contribution in [3.8, 4) is 0 Å². The van der Waals surface area contributed by atoms with Gasteiger partial charge in [0.05, 0.1) is 0 Å². The normalized spacial score (nSPS) is 12.9. The highest BCUT2D eigenvalue weighted by atomic mass is 19.4. The van der Waals surface area contributed by atoms with Crippen LogP contribution < -0.4 is 0 Å². The molecule has 0 aliphatic carbocycles. The van der Waals surface area contributed by atoms with E-state index in [4.69, 9.17) is 0 Å². The van der Waals surface area contributed by atoms with Crippen LogP contribution in [0.4, 0.5) is 13.2 Å². The summed E-state index contributed by atoms with van der Waals surface area (Å²) in [5, 5.41) is 0. The van der Waals surface area contributed by atoms with Crippen LogP contribution in [0, 0.1) is 6.92 Å². The van der Waals surface area contributed by atoms with Gasteiger partial charge in [-0.2, -0.15) is 13.2 Å². The van der Waals surface area contributed by atoms with Crippen LogP contribution in [-0.4, -0.2) is 16.9 Å². The molecule has 2 nitrogen and oxygen atoms in total. The van der Waals surface area contributed by atoms with Gasteiger partial charge in [-0.15, -0.1) is 0 Å². The lowest BCUT2D eigenvalue weighted by molar-refractivity contribution is -0.171. The van der Waals surface area contributed by atoms with E-state index in [2.05, 4.69) is 4.98 Å². The molecular weight excluding hydrogens is 291 g/mol. The summed E-state index contributed by atoms with van der Waals surface area (Å²) < 4.78 is 37.8. The number of aromatic nitrogens is 1. The second-order valence-electron chi connectivity index (χ2n) is 5.22. The van der Waals surface area contributed by atoms with Gasteiger partial charge in [0.2, 0.25) is 5.78 Å². The number of carbonyl (C=O) groups is 1. The molecule has 2 aromatic rings. The summed E-state index contributed by atoms with van der Waals surface area (Å²) in [5.74, 6) is -2.30. The number of nitrogens with zero attached hydrogens (tertiary/aromatic N) is 1. The van der Waals surface area contributed by atoms with Gasteiger partial charge in [-0.25, -0.2) is 0 Å². The molecule has 2 rings (SSSR count). The maximum atomic E-state index is 12.6. The smallest absolute Gasteiger partial charge is 0.290 e. The average molecular weight is 307 g/mol. The van der Waals surface area contributed by atoms with Crippen LogP contribution in [-0.2, 0) is 11.2 Å². The lowest BCUT2D eigenvalue weighted by Crippen LogP contribution is -2.25. The van der Waals surface area contributed by atoms with Crippen molar-refractivity contribution >= 4 is 5.78 Å². The fourth-order valence-electron chi connectivity index (χ4n) is 2.43. The highest BCUT2D eigenvalue weighted by molar-refractivity contribution is 5.84. The van der Waals surface area contributed by atoms with E-state index in [1.165, 1.54) is 0 Å². The van der Waals surface area contributed by atoms with E-state index in [0.29, 0.717) is 12.1 Å². The molecule has 0 amide bonds. The minimum Gasteiger partial charge on any atom is -0.290 e. The van der Waals surface area contributed by atoms with Gasteiger partial charge in [-0.05, 0) is 30.5 Å². The molecule has 5 heteroatoms. The van der Waals surface area contributed by atoms with Gasteiger partial charge in [0.15, 0.2) is 0 Å². The molecule has 0 N–H and O–H groups in total. The van der Waals surface area contributed by atoms with Crippen LogP contribution in [0.2, 0.25) is 0 Å². The van der Waals surface area contributed by atoms with Gasteiger partial charge in [0.1, 0.15) is 0 Å². The lowest BCUT2D eigenvalue weighted by atomic mass is 9.89. The van der Waals surface area contributed by atoms with Crippen molar-refractivity contribution in [1.29, 1.82) is 0 Å². The highest BCUT2D eigenvalue weighted by Gasteiger charge is 2.39. The fourth-order valence-corrected chi connectivity index (χ4v) is 2.43. The largest absolute Gasteiger partial charge is 0.449 e. The predicted octanol–water partition coefficient (Wildman–Crippen LogP) is 4.24. The van der Waals surface area contributed by atoms with Crippen LogP contribution in [0.1, 0.15) is 29.2 Å². The molecule has 1 aromatic carbocycles. The Bertz CT molecular complexity index is 638. The van der Waals surface area contributed by atoms with Crippen molar-refractivity contribution in [2.75, 3.05) is 0 Å². The van der Waals surface area contributed by atoms with Crippen molar-refractivity contribution < 1.29 is 18.0 Å². The molecule has 116 valence electrons. The van der Waals surface area contributed by atoms with E-state index in [-0.39, 0.29) is 0 Å². The number of rotatable bonds is 5. The standard InChI is InChI=1S/C17H16F3NO/c1-12-6-5-9-21-16(12)14(11-15(22)17(18,19)20)10-13-7-3-2-4-8-13/h2-9,14H,10-11H2,1H3/t14-/m1/s1. The topological polar surface area (TPSA) is 30.0 Å². The van der Waals surface area contributed by atoms with Gasteiger partial charge in [0.25, 0.3) is 0 Å². The predicted molar refractivity (Wildman–Crippen MR) is 77.5 cm³/mol. The number of alkyl halides is 3. The lowest BCUT2D eigenvalue weighted by Gasteiger charge is -2.18. The van der Waals surface area contributed by atoms with Crippen molar-refractivity contribution in [2.45, 2.75) is 31.9 Å². The highest BCUT2D eigenvalue weighted by Crippen LogP contribution is 2.29. The number of ketones is 1. The summed E-state index contributed by atoms with van der Waals surface area (Å²) in [6.45, 7) is 1.79. The first-order valence-electron chi connectivity index (χ1n) is 6.93. The molecular formula is C17H16F3NO. The van der Waals surface area contributed by atoms with Gasteiger partial charge in [0, 0.05) is 24.2 Å². The molecule has 1 heterocycles. The van der Waals surface area contributed by atoms with Crippen LogP contribution in [0.25, 0.3) is 0 Å². The minimum atomic E-state index is -4.81. The summed E-state index contributed by atoms with van der Waals surface area (Å²) in [4.78, 5) is 15.6. The molecule has 1 aromatic heterocycles. The van der Waals surface area contributed by atoms with Crippen molar-refractivity contribution in [2.24, 2.45) is 0 Å².